The van der Waals surface area contributed by atoms with Gasteiger partial charge < -0.3 is 20.7 Å². The van der Waals surface area contributed by atoms with E-state index in [1.54, 1.807) is 0 Å². The molecule has 1 aromatic rings. The molecule has 1 aromatic carbocycles. The predicted octanol–water partition coefficient (Wildman–Crippen LogP) is 1.32. The summed E-state index contributed by atoms with van der Waals surface area (Å²) in [6.07, 6.45) is 1.75. The van der Waals surface area contributed by atoms with E-state index >= 15 is 0 Å². The molecule has 0 spiro atoms. The predicted molar refractivity (Wildman–Crippen MR) is 104 cm³/mol. The van der Waals surface area contributed by atoms with Gasteiger partial charge in [0.25, 0.3) is 0 Å². The van der Waals surface area contributed by atoms with Crippen molar-refractivity contribution in [1.82, 2.24) is 10.2 Å². The van der Waals surface area contributed by atoms with Crippen LogP contribution in [0.2, 0.25) is 0 Å². The van der Waals surface area contributed by atoms with Crippen LogP contribution in [0.15, 0.2) is 24.3 Å². The quantitative estimate of drug-likeness (QED) is 0.715. The van der Waals surface area contributed by atoms with Crippen LogP contribution in [-0.2, 0) is 14.3 Å². The molecule has 0 radical (unpaired) electrons. The molecule has 2 fully saturated rings. The summed E-state index contributed by atoms with van der Waals surface area (Å²) < 4.78 is 5.28. The topological polar surface area (TPSA) is 82.7 Å². The molecule has 0 atom stereocenters. The van der Waals surface area contributed by atoms with E-state index in [1.165, 1.54) is 0 Å². The molecule has 0 saturated carbocycles. The molecule has 2 heterocycles. The van der Waals surface area contributed by atoms with Gasteiger partial charge in [-0.25, -0.2) is 0 Å². The molecule has 2 amide bonds. The highest BCUT2D eigenvalue weighted by Gasteiger charge is 2.20. The standard InChI is InChI=1S/C18H26N4O3.ClH/c23-17(13-22-9-11-25-12-10-22)20-15-1-3-16(4-2-15)21-18(24)14-5-7-19-8-6-14;/h1-4,14,19H,5-13H2,(H,20,23)(H,21,24);1H. The Morgan fingerprint density at radius 2 is 1.62 bits per heavy atom. The van der Waals surface area contributed by atoms with Gasteiger partial charge >= 0.3 is 0 Å². The summed E-state index contributed by atoms with van der Waals surface area (Å²) in [5, 5.41) is 9.10. The fourth-order valence-electron chi connectivity index (χ4n) is 3.13. The van der Waals surface area contributed by atoms with E-state index in [-0.39, 0.29) is 30.1 Å². The van der Waals surface area contributed by atoms with E-state index in [0.29, 0.717) is 19.8 Å². The first-order valence-corrected chi connectivity index (χ1v) is 8.92. The number of piperidine rings is 1. The molecule has 2 saturated heterocycles. The normalized spacial score (nSPS) is 18.6. The molecule has 144 valence electrons. The Balaban J connectivity index is 0.00000243. The fraction of sp³-hybridized carbons (Fsp3) is 0.556. The molecule has 0 aliphatic carbocycles. The number of nitrogens with one attached hydrogen (secondary N) is 3. The number of halogens is 1. The van der Waals surface area contributed by atoms with Crippen LogP contribution in [0.25, 0.3) is 0 Å². The second-order valence-corrected chi connectivity index (χ2v) is 6.53. The molecule has 0 unspecified atom stereocenters. The van der Waals surface area contributed by atoms with Crippen molar-refractivity contribution in [2.24, 2.45) is 5.92 Å². The van der Waals surface area contributed by atoms with Crippen LogP contribution in [-0.4, -0.2) is 62.7 Å². The van der Waals surface area contributed by atoms with Crippen molar-refractivity contribution >= 4 is 35.6 Å². The van der Waals surface area contributed by atoms with Crippen LogP contribution in [0.4, 0.5) is 11.4 Å². The maximum absolute atomic E-state index is 12.2. The molecular formula is C18H27ClN4O3. The van der Waals surface area contributed by atoms with E-state index in [4.69, 9.17) is 4.74 Å². The van der Waals surface area contributed by atoms with Crippen LogP contribution in [0, 0.1) is 5.92 Å². The van der Waals surface area contributed by atoms with E-state index in [0.717, 1.165) is 50.4 Å². The first-order valence-electron chi connectivity index (χ1n) is 8.92. The van der Waals surface area contributed by atoms with Crippen molar-refractivity contribution in [3.8, 4) is 0 Å². The van der Waals surface area contributed by atoms with Crippen LogP contribution in [0.5, 0.6) is 0 Å². The lowest BCUT2D eigenvalue weighted by atomic mass is 9.97. The lowest BCUT2D eigenvalue weighted by Gasteiger charge is -2.25. The number of carbonyl (C=O) groups excluding carboxylic acids is 2. The van der Waals surface area contributed by atoms with Gasteiger partial charge in [0, 0.05) is 30.4 Å². The molecule has 2 aliphatic rings. The highest BCUT2D eigenvalue weighted by atomic mass is 35.5. The molecule has 0 aromatic heterocycles. The van der Waals surface area contributed by atoms with Gasteiger partial charge in [-0.3, -0.25) is 14.5 Å². The Morgan fingerprint density at radius 3 is 2.23 bits per heavy atom. The Kier molecular flexibility index (Phi) is 8.31. The Bertz CT molecular complexity index is 585. The smallest absolute Gasteiger partial charge is 0.238 e. The summed E-state index contributed by atoms with van der Waals surface area (Å²) in [4.78, 5) is 26.4. The summed E-state index contributed by atoms with van der Waals surface area (Å²) in [5.74, 6) is 0.119. The fourth-order valence-corrected chi connectivity index (χ4v) is 3.13. The van der Waals surface area contributed by atoms with Gasteiger partial charge in [0.15, 0.2) is 0 Å². The Labute approximate surface area is 160 Å². The minimum Gasteiger partial charge on any atom is -0.379 e. The van der Waals surface area contributed by atoms with Gasteiger partial charge in [-0.2, -0.15) is 0 Å². The first-order chi connectivity index (χ1) is 12.2. The average Bonchev–Trinajstić information content (AvgIpc) is 2.65. The zero-order valence-electron chi connectivity index (χ0n) is 14.8. The van der Waals surface area contributed by atoms with Crippen molar-refractivity contribution in [1.29, 1.82) is 0 Å². The third-order valence-corrected chi connectivity index (χ3v) is 4.62. The number of rotatable bonds is 5. The molecule has 2 aliphatic heterocycles. The zero-order chi connectivity index (χ0) is 17.5. The summed E-state index contributed by atoms with van der Waals surface area (Å²) in [6, 6.07) is 7.27. The largest absolute Gasteiger partial charge is 0.379 e. The zero-order valence-corrected chi connectivity index (χ0v) is 15.6. The number of benzene rings is 1. The van der Waals surface area contributed by atoms with Crippen LogP contribution >= 0.6 is 12.4 Å². The minimum atomic E-state index is -0.0339. The highest BCUT2D eigenvalue weighted by Crippen LogP contribution is 2.17. The minimum absolute atomic E-state index is 0. The number of amides is 2. The number of anilines is 2. The number of hydrogen-bond donors (Lipinski definition) is 3. The third kappa shape index (κ3) is 6.25. The van der Waals surface area contributed by atoms with E-state index in [9.17, 15) is 9.59 Å². The van der Waals surface area contributed by atoms with Crippen molar-refractivity contribution in [2.75, 3.05) is 56.6 Å². The van der Waals surface area contributed by atoms with E-state index in [2.05, 4.69) is 20.9 Å². The van der Waals surface area contributed by atoms with Gasteiger partial charge in [-0.1, -0.05) is 0 Å². The monoisotopic (exact) mass is 382 g/mol. The summed E-state index contributed by atoms with van der Waals surface area (Å²) in [7, 11) is 0. The molecule has 3 N–H and O–H groups in total. The van der Waals surface area contributed by atoms with Crippen molar-refractivity contribution in [2.45, 2.75) is 12.8 Å². The Morgan fingerprint density at radius 1 is 1.04 bits per heavy atom. The second kappa shape index (κ2) is 10.5. The van der Waals surface area contributed by atoms with Crippen molar-refractivity contribution < 1.29 is 14.3 Å². The molecule has 26 heavy (non-hydrogen) atoms. The van der Waals surface area contributed by atoms with Gasteiger partial charge in [-0.05, 0) is 50.2 Å². The summed E-state index contributed by atoms with van der Waals surface area (Å²) >= 11 is 0. The molecular weight excluding hydrogens is 356 g/mol. The summed E-state index contributed by atoms with van der Waals surface area (Å²) in [6.45, 7) is 5.09. The lowest BCUT2D eigenvalue weighted by Crippen LogP contribution is -2.41. The number of morpholine rings is 1. The van der Waals surface area contributed by atoms with Gasteiger partial charge in [0.1, 0.15) is 0 Å². The molecule has 0 bridgehead atoms. The van der Waals surface area contributed by atoms with Gasteiger partial charge in [0.05, 0.1) is 19.8 Å². The van der Waals surface area contributed by atoms with Gasteiger partial charge in [0.2, 0.25) is 11.8 Å². The maximum Gasteiger partial charge on any atom is 0.238 e. The van der Waals surface area contributed by atoms with Crippen LogP contribution in [0.3, 0.4) is 0 Å². The number of carbonyl (C=O) groups is 2. The average molecular weight is 383 g/mol. The van der Waals surface area contributed by atoms with Crippen LogP contribution < -0.4 is 16.0 Å². The highest BCUT2D eigenvalue weighted by molar-refractivity contribution is 5.94. The SMILES string of the molecule is Cl.O=C(CN1CCOCC1)Nc1ccc(NC(=O)C2CCNCC2)cc1. The van der Waals surface area contributed by atoms with E-state index in [1.807, 2.05) is 24.3 Å². The lowest BCUT2D eigenvalue weighted by molar-refractivity contribution is -0.120. The molecule has 7 nitrogen and oxygen atoms in total. The number of hydrogen-bond acceptors (Lipinski definition) is 5. The third-order valence-electron chi connectivity index (χ3n) is 4.62. The Hall–Kier alpha value is -1.67. The molecule has 8 heteroatoms. The van der Waals surface area contributed by atoms with E-state index < -0.39 is 0 Å². The number of nitrogens with zero attached hydrogens (tertiary/aromatic N) is 1. The maximum atomic E-state index is 12.2. The van der Waals surface area contributed by atoms with Crippen molar-refractivity contribution in [3.05, 3.63) is 24.3 Å². The van der Waals surface area contributed by atoms with Gasteiger partial charge in [-0.15, -0.1) is 12.4 Å². The summed E-state index contributed by atoms with van der Waals surface area (Å²) in [5.41, 5.74) is 1.49. The van der Waals surface area contributed by atoms with Crippen molar-refractivity contribution in [3.63, 3.8) is 0 Å². The second-order valence-electron chi connectivity index (χ2n) is 6.53. The number of ether oxygens (including phenoxy) is 1. The van der Waals surface area contributed by atoms with Crippen LogP contribution in [0.1, 0.15) is 12.8 Å². The molecule has 3 rings (SSSR count). The first kappa shape index (κ1) is 20.6.